The number of carbonyl (C=O) groups excluding carboxylic acids is 1. The van der Waals surface area contributed by atoms with Gasteiger partial charge in [0.25, 0.3) is 5.91 Å². The summed E-state index contributed by atoms with van der Waals surface area (Å²) < 4.78 is 5.65. The Bertz CT molecular complexity index is 278. The first-order valence-corrected chi connectivity index (χ1v) is 6.46. The van der Waals surface area contributed by atoms with E-state index in [0.29, 0.717) is 13.0 Å². The summed E-state index contributed by atoms with van der Waals surface area (Å²) in [5.41, 5.74) is 1.40. The zero-order chi connectivity index (χ0) is 13.8. The highest BCUT2D eigenvalue weighted by atomic mass is 16.5. The maximum atomic E-state index is 11.3. The van der Waals surface area contributed by atoms with Gasteiger partial charge >= 0.3 is 0 Å². The minimum absolute atomic E-state index is 0.0367. The number of nitrogens with one attached hydrogen (secondary N) is 1. The fraction of sp³-hybridized carbons (Fsp3) is 0.917. The number of carbonyl (C=O) groups is 1. The van der Waals surface area contributed by atoms with Crippen molar-refractivity contribution in [3.05, 3.63) is 0 Å². The lowest BCUT2D eigenvalue weighted by Crippen LogP contribution is -2.43. The number of ether oxygens (including phenoxy) is 1. The standard InChI is InChI=1S/C12H25N3O3/c1-4-15(8-12(2,3)17)7-9-5-6-10(18-9)11(16)14-13/h9-10,17H,4-8,13H2,1-3H3,(H,14,16). The lowest BCUT2D eigenvalue weighted by atomic mass is 10.1. The van der Waals surface area contributed by atoms with Crippen LogP contribution in [0.2, 0.25) is 0 Å². The van der Waals surface area contributed by atoms with Crippen LogP contribution in [0.1, 0.15) is 33.6 Å². The Morgan fingerprint density at radius 3 is 2.72 bits per heavy atom. The quantitative estimate of drug-likeness (QED) is 0.344. The van der Waals surface area contributed by atoms with Gasteiger partial charge in [-0.1, -0.05) is 6.92 Å². The molecule has 0 bridgehead atoms. The highest BCUT2D eigenvalue weighted by molar-refractivity contribution is 5.80. The first kappa shape index (κ1) is 15.4. The Morgan fingerprint density at radius 2 is 2.22 bits per heavy atom. The van der Waals surface area contributed by atoms with Crippen molar-refractivity contribution in [2.24, 2.45) is 5.84 Å². The molecule has 0 saturated carbocycles. The van der Waals surface area contributed by atoms with Crippen molar-refractivity contribution in [3.63, 3.8) is 0 Å². The lowest BCUT2D eigenvalue weighted by Gasteiger charge is -2.29. The third kappa shape index (κ3) is 4.89. The molecule has 2 atom stereocenters. The van der Waals surface area contributed by atoms with Crippen molar-refractivity contribution in [2.45, 2.75) is 51.4 Å². The summed E-state index contributed by atoms with van der Waals surface area (Å²) in [4.78, 5) is 13.5. The number of likely N-dealkylation sites (N-methyl/N-ethyl adjacent to an activating group) is 1. The number of aliphatic hydroxyl groups is 1. The van der Waals surface area contributed by atoms with E-state index in [0.717, 1.165) is 19.5 Å². The SMILES string of the molecule is CCN(CC1CCC(C(=O)NN)O1)CC(C)(C)O. The van der Waals surface area contributed by atoms with Crippen LogP contribution in [-0.4, -0.2) is 53.4 Å². The Labute approximate surface area is 108 Å². The first-order valence-electron chi connectivity index (χ1n) is 6.46. The highest BCUT2D eigenvalue weighted by Gasteiger charge is 2.31. The van der Waals surface area contributed by atoms with E-state index in [4.69, 9.17) is 10.6 Å². The Kier molecular flexibility index (Phi) is 5.52. The topological polar surface area (TPSA) is 87.8 Å². The second-order valence-corrected chi connectivity index (χ2v) is 5.47. The van der Waals surface area contributed by atoms with Gasteiger partial charge in [-0.15, -0.1) is 0 Å². The minimum Gasteiger partial charge on any atom is -0.389 e. The number of hydrazine groups is 1. The summed E-state index contributed by atoms with van der Waals surface area (Å²) in [6, 6.07) is 0. The average Bonchev–Trinajstić information content (AvgIpc) is 2.73. The van der Waals surface area contributed by atoms with Gasteiger partial charge in [-0.3, -0.25) is 15.1 Å². The van der Waals surface area contributed by atoms with E-state index in [9.17, 15) is 9.90 Å². The molecule has 18 heavy (non-hydrogen) atoms. The molecule has 1 heterocycles. The normalized spacial score (nSPS) is 24.6. The molecule has 6 nitrogen and oxygen atoms in total. The zero-order valence-electron chi connectivity index (χ0n) is 11.5. The Hall–Kier alpha value is -0.690. The molecule has 1 aliphatic rings. The van der Waals surface area contributed by atoms with Gasteiger partial charge in [0.2, 0.25) is 0 Å². The van der Waals surface area contributed by atoms with Gasteiger partial charge in [0.1, 0.15) is 6.10 Å². The van der Waals surface area contributed by atoms with E-state index >= 15 is 0 Å². The number of hydrogen-bond donors (Lipinski definition) is 3. The summed E-state index contributed by atoms with van der Waals surface area (Å²) in [6.07, 6.45) is 1.16. The molecule has 1 fully saturated rings. The van der Waals surface area contributed by atoms with Gasteiger partial charge in [0.05, 0.1) is 11.7 Å². The fourth-order valence-corrected chi connectivity index (χ4v) is 2.27. The predicted molar refractivity (Wildman–Crippen MR) is 68.6 cm³/mol. The summed E-state index contributed by atoms with van der Waals surface area (Å²) in [5.74, 6) is 4.82. The van der Waals surface area contributed by atoms with E-state index in [1.807, 2.05) is 6.92 Å². The van der Waals surface area contributed by atoms with Crippen LogP contribution >= 0.6 is 0 Å². The molecular weight excluding hydrogens is 234 g/mol. The molecule has 2 unspecified atom stereocenters. The van der Waals surface area contributed by atoms with Crippen molar-refractivity contribution < 1.29 is 14.6 Å². The largest absolute Gasteiger partial charge is 0.389 e. The Morgan fingerprint density at radius 1 is 1.56 bits per heavy atom. The summed E-state index contributed by atoms with van der Waals surface area (Å²) in [5, 5.41) is 9.81. The van der Waals surface area contributed by atoms with Gasteiger partial charge in [-0.05, 0) is 33.2 Å². The van der Waals surface area contributed by atoms with E-state index in [2.05, 4.69) is 10.3 Å². The molecule has 6 heteroatoms. The predicted octanol–water partition coefficient (Wildman–Crippen LogP) is -0.383. The van der Waals surface area contributed by atoms with Crippen molar-refractivity contribution in [3.8, 4) is 0 Å². The molecule has 0 aliphatic carbocycles. The zero-order valence-corrected chi connectivity index (χ0v) is 11.5. The molecule has 4 N–H and O–H groups in total. The summed E-state index contributed by atoms with van der Waals surface area (Å²) in [7, 11) is 0. The number of hydrogen-bond acceptors (Lipinski definition) is 5. The van der Waals surface area contributed by atoms with E-state index in [-0.39, 0.29) is 12.0 Å². The second-order valence-electron chi connectivity index (χ2n) is 5.47. The van der Waals surface area contributed by atoms with E-state index in [1.54, 1.807) is 13.8 Å². The van der Waals surface area contributed by atoms with Gasteiger partial charge in [0.15, 0.2) is 0 Å². The molecule has 0 spiro atoms. The van der Waals surface area contributed by atoms with Crippen molar-refractivity contribution in [2.75, 3.05) is 19.6 Å². The van der Waals surface area contributed by atoms with Crippen molar-refractivity contribution in [1.29, 1.82) is 0 Å². The van der Waals surface area contributed by atoms with Crippen LogP contribution in [0.25, 0.3) is 0 Å². The van der Waals surface area contributed by atoms with E-state index < -0.39 is 11.7 Å². The number of nitrogens with two attached hydrogens (primary N) is 1. The number of amides is 1. The monoisotopic (exact) mass is 259 g/mol. The second kappa shape index (κ2) is 6.47. The maximum absolute atomic E-state index is 11.3. The van der Waals surface area contributed by atoms with Gasteiger partial charge < -0.3 is 9.84 Å². The van der Waals surface area contributed by atoms with Gasteiger partial charge in [-0.2, -0.15) is 0 Å². The van der Waals surface area contributed by atoms with Crippen LogP contribution in [0.3, 0.4) is 0 Å². The molecule has 1 aliphatic heterocycles. The molecule has 106 valence electrons. The summed E-state index contributed by atoms with van der Waals surface area (Å²) >= 11 is 0. The smallest absolute Gasteiger partial charge is 0.263 e. The first-order chi connectivity index (χ1) is 8.35. The van der Waals surface area contributed by atoms with Crippen molar-refractivity contribution >= 4 is 5.91 Å². The number of rotatable bonds is 6. The molecule has 1 rings (SSSR count). The third-order valence-corrected chi connectivity index (χ3v) is 3.06. The van der Waals surface area contributed by atoms with Crippen molar-refractivity contribution in [1.82, 2.24) is 10.3 Å². The van der Waals surface area contributed by atoms with Gasteiger partial charge in [0, 0.05) is 13.1 Å². The van der Waals surface area contributed by atoms with Gasteiger partial charge in [-0.25, -0.2) is 5.84 Å². The fourth-order valence-electron chi connectivity index (χ4n) is 2.27. The molecular formula is C12H25N3O3. The molecule has 0 aromatic heterocycles. The van der Waals surface area contributed by atoms with Crippen LogP contribution in [-0.2, 0) is 9.53 Å². The van der Waals surface area contributed by atoms with Crippen LogP contribution in [0.5, 0.6) is 0 Å². The molecule has 0 aromatic rings. The summed E-state index contributed by atoms with van der Waals surface area (Å²) in [6.45, 7) is 7.79. The Balaban J connectivity index is 2.41. The lowest BCUT2D eigenvalue weighted by molar-refractivity contribution is -0.132. The average molecular weight is 259 g/mol. The molecule has 0 radical (unpaired) electrons. The van der Waals surface area contributed by atoms with Crippen LogP contribution in [0, 0.1) is 0 Å². The molecule has 1 saturated heterocycles. The number of nitrogens with zero attached hydrogens (tertiary/aromatic N) is 1. The molecule has 0 aromatic carbocycles. The molecule has 1 amide bonds. The maximum Gasteiger partial charge on any atom is 0.263 e. The highest BCUT2D eigenvalue weighted by Crippen LogP contribution is 2.21. The van der Waals surface area contributed by atoms with Crippen LogP contribution < -0.4 is 11.3 Å². The minimum atomic E-state index is -0.720. The van der Waals surface area contributed by atoms with Crippen LogP contribution in [0.15, 0.2) is 0 Å². The van der Waals surface area contributed by atoms with E-state index in [1.165, 1.54) is 0 Å². The van der Waals surface area contributed by atoms with Crippen LogP contribution in [0.4, 0.5) is 0 Å². The third-order valence-electron chi connectivity index (χ3n) is 3.06.